The Morgan fingerprint density at radius 3 is 2.59 bits per heavy atom. The van der Waals surface area contributed by atoms with Crippen molar-refractivity contribution < 1.29 is 14.3 Å². The first-order valence-electron chi connectivity index (χ1n) is 5.19. The molecule has 0 fully saturated rings. The van der Waals surface area contributed by atoms with Crippen LogP contribution in [0.5, 0.6) is 0 Å². The second-order valence-electron chi connectivity index (χ2n) is 3.52. The molecule has 0 bridgehead atoms. The van der Waals surface area contributed by atoms with Crippen LogP contribution in [0.3, 0.4) is 0 Å². The molecule has 1 rings (SSSR count). The molecule has 0 heterocycles. The predicted molar refractivity (Wildman–Crippen MR) is 64.6 cm³/mol. The molecule has 0 saturated heterocycles. The van der Waals surface area contributed by atoms with E-state index in [4.69, 9.17) is 16.3 Å². The number of nitrogens with one attached hydrogen (secondary N) is 1. The minimum Gasteiger partial charge on any atom is -0.459 e. The number of esters is 1. The Kier molecular flexibility index (Phi) is 5.49. The second kappa shape index (κ2) is 6.91. The van der Waals surface area contributed by atoms with Crippen molar-refractivity contribution in [2.45, 2.75) is 19.6 Å². The zero-order chi connectivity index (χ0) is 12.7. The number of halogens is 1. The van der Waals surface area contributed by atoms with E-state index in [0.29, 0.717) is 0 Å². The van der Waals surface area contributed by atoms with Gasteiger partial charge >= 0.3 is 5.97 Å². The number of carbonyl (C=O) groups is 2. The van der Waals surface area contributed by atoms with Gasteiger partial charge in [-0.15, -0.1) is 11.6 Å². The van der Waals surface area contributed by atoms with Crippen molar-refractivity contribution in [2.24, 2.45) is 0 Å². The van der Waals surface area contributed by atoms with Crippen LogP contribution in [0, 0.1) is 0 Å². The van der Waals surface area contributed by atoms with Crippen LogP contribution in [-0.2, 0) is 20.9 Å². The Bertz CT molecular complexity index is 381. The highest BCUT2D eigenvalue weighted by atomic mass is 35.5. The van der Waals surface area contributed by atoms with Gasteiger partial charge < -0.3 is 10.1 Å². The van der Waals surface area contributed by atoms with E-state index in [1.165, 1.54) is 0 Å². The highest BCUT2D eigenvalue weighted by Gasteiger charge is 2.16. The van der Waals surface area contributed by atoms with E-state index in [2.05, 4.69) is 5.32 Å². The summed E-state index contributed by atoms with van der Waals surface area (Å²) in [5.74, 6) is -1.04. The topological polar surface area (TPSA) is 55.4 Å². The lowest BCUT2D eigenvalue weighted by Gasteiger charge is -2.12. The van der Waals surface area contributed by atoms with Crippen LogP contribution in [-0.4, -0.2) is 23.8 Å². The fraction of sp³-hybridized carbons (Fsp3) is 0.333. The number of benzene rings is 1. The van der Waals surface area contributed by atoms with Crippen molar-refractivity contribution in [3.63, 3.8) is 0 Å². The number of carbonyl (C=O) groups excluding carboxylic acids is 2. The molecule has 0 aromatic heterocycles. The van der Waals surface area contributed by atoms with E-state index < -0.39 is 17.9 Å². The van der Waals surface area contributed by atoms with Crippen LogP contribution in [0.25, 0.3) is 0 Å². The van der Waals surface area contributed by atoms with E-state index in [0.717, 1.165) is 5.56 Å². The summed E-state index contributed by atoms with van der Waals surface area (Å²) in [6.07, 6.45) is 0. The van der Waals surface area contributed by atoms with Crippen LogP contribution >= 0.6 is 11.6 Å². The van der Waals surface area contributed by atoms with Gasteiger partial charge in [0.05, 0.1) is 0 Å². The van der Waals surface area contributed by atoms with Crippen LogP contribution in [0.4, 0.5) is 0 Å². The molecule has 0 aliphatic rings. The van der Waals surface area contributed by atoms with Gasteiger partial charge in [0.25, 0.3) is 0 Å². The summed E-state index contributed by atoms with van der Waals surface area (Å²) in [6.45, 7) is 1.75. The van der Waals surface area contributed by atoms with E-state index in [-0.39, 0.29) is 12.5 Å². The molecule has 0 unspecified atom stereocenters. The first-order valence-corrected chi connectivity index (χ1v) is 5.73. The molecule has 17 heavy (non-hydrogen) atoms. The first kappa shape index (κ1) is 13.5. The molecule has 1 aromatic carbocycles. The lowest BCUT2D eigenvalue weighted by molar-refractivity contribution is -0.148. The van der Waals surface area contributed by atoms with Gasteiger partial charge in [-0.05, 0) is 12.5 Å². The van der Waals surface area contributed by atoms with Crippen molar-refractivity contribution in [1.29, 1.82) is 0 Å². The minimum atomic E-state index is -0.690. The Morgan fingerprint density at radius 1 is 1.35 bits per heavy atom. The van der Waals surface area contributed by atoms with E-state index in [1.54, 1.807) is 6.92 Å². The lowest BCUT2D eigenvalue weighted by Crippen LogP contribution is -2.40. The molecular formula is C12H14ClNO3. The molecule has 1 amide bonds. The number of rotatable bonds is 5. The standard InChI is InChI=1S/C12H14ClNO3/c1-9(14-11(15)7-13)12(16)17-8-10-5-3-2-4-6-10/h2-6,9H,7-8H2,1H3,(H,14,15)/t9-/m0/s1. The summed E-state index contributed by atoms with van der Waals surface area (Å²) < 4.78 is 5.04. The maximum Gasteiger partial charge on any atom is 0.328 e. The van der Waals surface area contributed by atoms with Crippen LogP contribution < -0.4 is 5.32 Å². The fourth-order valence-corrected chi connectivity index (χ4v) is 1.27. The van der Waals surface area contributed by atoms with E-state index in [9.17, 15) is 9.59 Å². The molecular weight excluding hydrogens is 242 g/mol. The Hall–Kier alpha value is -1.55. The molecule has 4 nitrogen and oxygen atoms in total. The van der Waals surface area contributed by atoms with Crippen molar-refractivity contribution in [2.75, 3.05) is 5.88 Å². The summed E-state index contributed by atoms with van der Waals surface area (Å²) in [6, 6.07) is 8.63. The van der Waals surface area contributed by atoms with E-state index >= 15 is 0 Å². The fourth-order valence-electron chi connectivity index (χ4n) is 1.19. The number of alkyl halides is 1. The molecule has 0 saturated carbocycles. The highest BCUT2D eigenvalue weighted by molar-refractivity contribution is 6.27. The van der Waals surface area contributed by atoms with Crippen molar-refractivity contribution >= 4 is 23.5 Å². The third kappa shape index (κ3) is 4.87. The van der Waals surface area contributed by atoms with Gasteiger partial charge in [0.2, 0.25) is 5.91 Å². The van der Waals surface area contributed by atoms with Gasteiger partial charge in [0.1, 0.15) is 18.5 Å². The average molecular weight is 256 g/mol. The number of hydrogen-bond acceptors (Lipinski definition) is 3. The van der Waals surface area contributed by atoms with Crippen molar-refractivity contribution in [1.82, 2.24) is 5.32 Å². The van der Waals surface area contributed by atoms with Crippen molar-refractivity contribution in [3.8, 4) is 0 Å². The van der Waals surface area contributed by atoms with Gasteiger partial charge in [-0.3, -0.25) is 4.79 Å². The molecule has 0 spiro atoms. The quantitative estimate of drug-likeness (QED) is 0.640. The van der Waals surface area contributed by atoms with E-state index in [1.807, 2.05) is 30.3 Å². The van der Waals surface area contributed by atoms with Crippen LogP contribution in [0.1, 0.15) is 12.5 Å². The third-order valence-corrected chi connectivity index (χ3v) is 2.32. The van der Waals surface area contributed by atoms with Crippen LogP contribution in [0.2, 0.25) is 0 Å². The lowest BCUT2D eigenvalue weighted by atomic mass is 10.2. The molecule has 0 radical (unpaired) electrons. The largest absolute Gasteiger partial charge is 0.459 e. The number of hydrogen-bond donors (Lipinski definition) is 1. The van der Waals surface area contributed by atoms with Crippen molar-refractivity contribution in [3.05, 3.63) is 35.9 Å². The minimum absolute atomic E-state index is 0.170. The zero-order valence-corrected chi connectivity index (χ0v) is 10.2. The van der Waals surface area contributed by atoms with Gasteiger partial charge in [-0.1, -0.05) is 30.3 Å². The predicted octanol–water partition coefficient (Wildman–Crippen LogP) is 1.47. The summed E-state index contributed by atoms with van der Waals surface area (Å²) in [7, 11) is 0. The van der Waals surface area contributed by atoms with Gasteiger partial charge in [0.15, 0.2) is 0 Å². The summed E-state index contributed by atoms with van der Waals surface area (Å²) >= 11 is 5.31. The Labute approximate surface area is 105 Å². The molecule has 0 aliphatic heterocycles. The maximum atomic E-state index is 11.5. The van der Waals surface area contributed by atoms with Gasteiger partial charge in [-0.2, -0.15) is 0 Å². The highest BCUT2D eigenvalue weighted by Crippen LogP contribution is 2.01. The molecule has 0 aliphatic carbocycles. The average Bonchev–Trinajstić information content (AvgIpc) is 2.36. The molecule has 1 aromatic rings. The first-order chi connectivity index (χ1) is 8.13. The number of amides is 1. The summed E-state index contributed by atoms with van der Waals surface area (Å²) in [5.41, 5.74) is 0.900. The van der Waals surface area contributed by atoms with Gasteiger partial charge in [0, 0.05) is 0 Å². The summed E-state index contributed by atoms with van der Waals surface area (Å²) in [4.78, 5) is 22.4. The molecule has 1 N–H and O–H groups in total. The zero-order valence-electron chi connectivity index (χ0n) is 9.48. The normalized spacial score (nSPS) is 11.6. The SMILES string of the molecule is C[C@H](NC(=O)CCl)C(=O)OCc1ccccc1. The Balaban J connectivity index is 2.37. The third-order valence-electron chi connectivity index (χ3n) is 2.08. The number of ether oxygens (including phenoxy) is 1. The molecule has 1 atom stereocenters. The molecule has 92 valence electrons. The smallest absolute Gasteiger partial charge is 0.328 e. The monoisotopic (exact) mass is 255 g/mol. The summed E-state index contributed by atoms with van der Waals surface area (Å²) in [5, 5.41) is 2.42. The second-order valence-corrected chi connectivity index (χ2v) is 3.78. The maximum absolute atomic E-state index is 11.5. The van der Waals surface area contributed by atoms with Crippen LogP contribution in [0.15, 0.2) is 30.3 Å². The van der Waals surface area contributed by atoms with Gasteiger partial charge in [-0.25, -0.2) is 4.79 Å². The Morgan fingerprint density at radius 2 is 2.00 bits per heavy atom. The molecule has 5 heteroatoms.